The van der Waals surface area contributed by atoms with Gasteiger partial charge in [-0.15, -0.1) is 0 Å². The van der Waals surface area contributed by atoms with Crippen LogP contribution in [-0.4, -0.2) is 37.9 Å². The van der Waals surface area contributed by atoms with Gasteiger partial charge in [0.2, 0.25) is 12.0 Å². The third-order valence-electron chi connectivity index (χ3n) is 3.15. The van der Waals surface area contributed by atoms with Gasteiger partial charge in [-0.25, -0.2) is 4.79 Å². The van der Waals surface area contributed by atoms with Gasteiger partial charge in [-0.05, 0) is 25.1 Å². The zero-order valence-electron chi connectivity index (χ0n) is 12.6. The molecule has 2 rings (SSSR count). The van der Waals surface area contributed by atoms with Crippen LogP contribution in [0.1, 0.15) is 23.7 Å². The number of nitrogens with one attached hydrogen (secondary N) is 1. The van der Waals surface area contributed by atoms with Gasteiger partial charge in [0.05, 0.1) is 13.2 Å². The van der Waals surface area contributed by atoms with Crippen molar-refractivity contribution in [3.05, 3.63) is 47.7 Å². The first-order chi connectivity index (χ1) is 10.6. The lowest BCUT2D eigenvalue weighted by atomic mass is 10.1. The van der Waals surface area contributed by atoms with Crippen LogP contribution < -0.4 is 5.32 Å². The molecule has 0 saturated heterocycles. The molecule has 0 saturated carbocycles. The van der Waals surface area contributed by atoms with E-state index < -0.39 is 12.3 Å². The van der Waals surface area contributed by atoms with Gasteiger partial charge in [0.15, 0.2) is 0 Å². The number of ether oxygens (including phenoxy) is 3. The van der Waals surface area contributed by atoms with Crippen LogP contribution in [0, 0.1) is 0 Å². The predicted octanol–water partition coefficient (Wildman–Crippen LogP) is 1.62. The van der Waals surface area contributed by atoms with Gasteiger partial charge in [-0.3, -0.25) is 4.79 Å². The van der Waals surface area contributed by atoms with E-state index in [2.05, 4.69) is 10.1 Å². The Morgan fingerprint density at radius 2 is 2.05 bits per heavy atom. The molecule has 0 fully saturated rings. The van der Waals surface area contributed by atoms with Crippen LogP contribution in [0.25, 0.3) is 0 Å². The topological polar surface area (TPSA) is 73.9 Å². The molecule has 22 heavy (non-hydrogen) atoms. The number of amides is 1. The zero-order valence-corrected chi connectivity index (χ0v) is 12.6. The van der Waals surface area contributed by atoms with Gasteiger partial charge in [-0.1, -0.05) is 18.2 Å². The fourth-order valence-electron chi connectivity index (χ4n) is 2.13. The molecule has 0 spiro atoms. The Morgan fingerprint density at radius 1 is 1.32 bits per heavy atom. The number of carbonyl (C=O) groups is 2. The monoisotopic (exact) mass is 305 g/mol. The van der Waals surface area contributed by atoms with Crippen LogP contribution >= 0.6 is 0 Å². The smallest absolute Gasteiger partial charge is 0.373 e. The van der Waals surface area contributed by atoms with Crippen molar-refractivity contribution in [3.8, 4) is 0 Å². The van der Waals surface area contributed by atoms with E-state index in [1.807, 2.05) is 13.0 Å². The molecule has 2 atom stereocenters. The summed E-state index contributed by atoms with van der Waals surface area (Å²) in [7, 11) is 1.27. The molecular weight excluding hydrogens is 286 g/mol. The van der Waals surface area contributed by atoms with E-state index in [1.165, 1.54) is 7.11 Å². The Balaban J connectivity index is 2.10. The number of benzene rings is 1. The lowest BCUT2D eigenvalue weighted by Crippen LogP contribution is -2.41. The molecule has 0 unspecified atom stereocenters. The van der Waals surface area contributed by atoms with Gasteiger partial charge in [0.1, 0.15) is 0 Å². The van der Waals surface area contributed by atoms with Crippen molar-refractivity contribution >= 4 is 11.9 Å². The fourth-order valence-corrected chi connectivity index (χ4v) is 2.13. The highest BCUT2D eigenvalue weighted by molar-refractivity contribution is 5.94. The highest BCUT2D eigenvalue weighted by atomic mass is 16.7. The van der Waals surface area contributed by atoms with E-state index in [0.29, 0.717) is 18.6 Å². The molecule has 0 aliphatic carbocycles. The van der Waals surface area contributed by atoms with Gasteiger partial charge in [0, 0.05) is 18.6 Å². The first-order valence-corrected chi connectivity index (χ1v) is 7.08. The van der Waals surface area contributed by atoms with Crippen molar-refractivity contribution in [1.29, 1.82) is 0 Å². The number of rotatable bonds is 5. The molecule has 6 nitrogen and oxygen atoms in total. The summed E-state index contributed by atoms with van der Waals surface area (Å²) in [5.41, 5.74) is 0.551. The summed E-state index contributed by atoms with van der Waals surface area (Å²) in [5.74, 6) is -0.767. The fraction of sp³-hybridized carbons (Fsp3) is 0.375. The molecule has 1 N–H and O–H groups in total. The van der Waals surface area contributed by atoms with Gasteiger partial charge < -0.3 is 19.5 Å². The van der Waals surface area contributed by atoms with Crippen molar-refractivity contribution in [2.45, 2.75) is 25.7 Å². The highest BCUT2D eigenvalue weighted by Gasteiger charge is 2.29. The van der Waals surface area contributed by atoms with Crippen LogP contribution in [0.3, 0.4) is 0 Å². The third kappa shape index (κ3) is 4.08. The van der Waals surface area contributed by atoms with E-state index >= 15 is 0 Å². The Bertz CT molecular complexity index is 555. The van der Waals surface area contributed by atoms with Crippen LogP contribution in [0.15, 0.2) is 42.2 Å². The maximum Gasteiger partial charge on any atom is 0.373 e. The van der Waals surface area contributed by atoms with E-state index in [-0.39, 0.29) is 17.7 Å². The third-order valence-corrected chi connectivity index (χ3v) is 3.15. The maximum atomic E-state index is 12.2. The maximum absolute atomic E-state index is 12.2. The van der Waals surface area contributed by atoms with E-state index in [4.69, 9.17) is 9.47 Å². The van der Waals surface area contributed by atoms with Crippen molar-refractivity contribution in [2.24, 2.45) is 0 Å². The Morgan fingerprint density at radius 3 is 2.68 bits per heavy atom. The normalized spacial score (nSPS) is 20.5. The van der Waals surface area contributed by atoms with Crippen LogP contribution in [-0.2, 0) is 19.0 Å². The summed E-state index contributed by atoms with van der Waals surface area (Å²) in [4.78, 5) is 23.8. The molecule has 1 aromatic carbocycles. The SMILES string of the molecule is CCO[C@@H]1C[C@H](NC(=O)c2ccccc2)C=C(C(=O)OC)O1. The van der Waals surface area contributed by atoms with Crippen molar-refractivity contribution in [1.82, 2.24) is 5.32 Å². The number of carbonyl (C=O) groups excluding carboxylic acids is 2. The zero-order chi connectivity index (χ0) is 15.9. The summed E-state index contributed by atoms with van der Waals surface area (Å²) < 4.78 is 15.5. The largest absolute Gasteiger partial charge is 0.463 e. The molecule has 118 valence electrons. The molecule has 1 amide bonds. The summed E-state index contributed by atoms with van der Waals surface area (Å²) in [6, 6.07) is 8.49. The number of esters is 1. The Hall–Kier alpha value is -2.34. The molecular formula is C16H19NO5. The molecule has 0 radical (unpaired) electrons. The minimum Gasteiger partial charge on any atom is -0.463 e. The van der Waals surface area contributed by atoms with Crippen molar-refractivity contribution in [2.75, 3.05) is 13.7 Å². The molecule has 1 aliphatic heterocycles. The van der Waals surface area contributed by atoms with Gasteiger partial charge in [0.25, 0.3) is 5.91 Å². The molecule has 1 aliphatic rings. The molecule has 1 aromatic rings. The standard InChI is InChI=1S/C16H19NO5/c1-3-21-14-10-12(9-13(22-14)16(19)20-2)17-15(18)11-7-5-4-6-8-11/h4-9,12,14H,3,10H2,1-2H3,(H,17,18)/t12-,14+/m1/s1. The second-order valence-corrected chi connectivity index (χ2v) is 4.71. The quantitative estimate of drug-likeness (QED) is 0.837. The van der Waals surface area contributed by atoms with Crippen LogP contribution in [0.5, 0.6) is 0 Å². The Labute approximate surface area is 129 Å². The number of methoxy groups -OCH3 is 1. The summed E-state index contributed by atoms with van der Waals surface area (Å²) in [6.45, 7) is 2.27. The van der Waals surface area contributed by atoms with Gasteiger partial charge in [-0.2, -0.15) is 0 Å². The summed E-state index contributed by atoms with van der Waals surface area (Å²) >= 11 is 0. The first-order valence-electron chi connectivity index (χ1n) is 7.08. The second-order valence-electron chi connectivity index (χ2n) is 4.71. The average molecular weight is 305 g/mol. The van der Waals surface area contributed by atoms with E-state index in [0.717, 1.165) is 0 Å². The van der Waals surface area contributed by atoms with Crippen LogP contribution in [0.2, 0.25) is 0 Å². The first kappa shape index (κ1) is 16.0. The van der Waals surface area contributed by atoms with E-state index in [1.54, 1.807) is 30.3 Å². The summed E-state index contributed by atoms with van der Waals surface area (Å²) in [6.07, 6.45) is 1.37. The lowest BCUT2D eigenvalue weighted by molar-refractivity contribution is -0.158. The average Bonchev–Trinajstić information content (AvgIpc) is 2.55. The predicted molar refractivity (Wildman–Crippen MR) is 78.9 cm³/mol. The van der Waals surface area contributed by atoms with Crippen LogP contribution in [0.4, 0.5) is 0 Å². The number of hydrogen-bond acceptors (Lipinski definition) is 5. The second kappa shape index (κ2) is 7.61. The van der Waals surface area contributed by atoms with Crippen molar-refractivity contribution < 1.29 is 23.8 Å². The van der Waals surface area contributed by atoms with Gasteiger partial charge >= 0.3 is 5.97 Å². The van der Waals surface area contributed by atoms with Crippen molar-refractivity contribution in [3.63, 3.8) is 0 Å². The molecule has 6 heteroatoms. The Kier molecular flexibility index (Phi) is 5.55. The molecule has 0 bridgehead atoms. The minimum absolute atomic E-state index is 0.0468. The molecule has 1 heterocycles. The highest BCUT2D eigenvalue weighted by Crippen LogP contribution is 2.20. The molecule has 0 aromatic heterocycles. The summed E-state index contributed by atoms with van der Waals surface area (Å²) in [5, 5.41) is 2.85. The minimum atomic E-state index is -0.594. The van der Waals surface area contributed by atoms with E-state index in [9.17, 15) is 9.59 Å². The lowest BCUT2D eigenvalue weighted by Gasteiger charge is -2.28. The number of hydrogen-bond donors (Lipinski definition) is 1.